The molecule has 1 N–H and O–H groups in total. The number of hydrogen-bond donors (Lipinski definition) is 1. The highest BCUT2D eigenvalue weighted by molar-refractivity contribution is 7.84. The van der Waals surface area contributed by atoms with Gasteiger partial charge in [-0.15, -0.1) is 5.06 Å². The van der Waals surface area contributed by atoms with E-state index in [2.05, 4.69) is 4.84 Å². The Morgan fingerprint density at radius 2 is 1.46 bits per heavy atom. The summed E-state index contributed by atoms with van der Waals surface area (Å²) in [6, 6.07) is 0. The lowest BCUT2D eigenvalue weighted by Gasteiger charge is -2.17. The van der Waals surface area contributed by atoms with E-state index in [-0.39, 0.29) is 50.0 Å². The Balaban J connectivity index is 1.64. The molecule has 0 aromatic heterocycles. The molecule has 0 radical (unpaired) electrons. The summed E-state index contributed by atoms with van der Waals surface area (Å²) in [5.74, 6) is -3.33. The number of imide groups is 2. The van der Waals surface area contributed by atoms with E-state index in [1.54, 1.807) is 0 Å². The van der Waals surface area contributed by atoms with Gasteiger partial charge in [0.1, 0.15) is 0 Å². The minimum Gasteiger partial charge on any atom is -0.366 e. The van der Waals surface area contributed by atoms with Crippen LogP contribution in [0, 0.1) is 0 Å². The highest BCUT2D eigenvalue weighted by atomic mass is 32.2. The Hall–Kier alpha value is -2.18. The molecule has 0 spiro atoms. The van der Waals surface area contributed by atoms with Crippen molar-refractivity contribution in [1.82, 2.24) is 10.1 Å². The predicted molar refractivity (Wildman–Crippen MR) is 82.5 cm³/mol. The molecule has 0 saturated carbocycles. The zero-order chi connectivity index (χ0) is 19.3. The molecule has 0 aliphatic carbocycles. The summed E-state index contributed by atoms with van der Waals surface area (Å²) >= 11 is 0. The van der Waals surface area contributed by atoms with Crippen molar-refractivity contribution in [3.8, 4) is 0 Å². The maximum atomic E-state index is 11.8. The van der Waals surface area contributed by atoms with Gasteiger partial charge in [0, 0.05) is 54.4 Å². The van der Waals surface area contributed by atoms with E-state index in [0.717, 1.165) is 0 Å². The lowest BCUT2D eigenvalue weighted by atomic mass is 10.4. The molecule has 0 aromatic rings. The van der Waals surface area contributed by atoms with Gasteiger partial charge in [0.25, 0.3) is 23.6 Å². The van der Waals surface area contributed by atoms with Crippen LogP contribution in [0.4, 0.5) is 0 Å². The third-order valence-electron chi connectivity index (χ3n) is 3.56. The second-order valence-electron chi connectivity index (χ2n) is 5.57. The Bertz CT molecular complexity index is 618. The van der Waals surface area contributed by atoms with Crippen LogP contribution in [0.15, 0.2) is 0 Å². The number of hydrogen-bond acceptors (Lipinski definition) is 9. The molecule has 2 unspecified atom stereocenters. The van der Waals surface area contributed by atoms with Crippen LogP contribution in [0.3, 0.4) is 0 Å². The van der Waals surface area contributed by atoms with Crippen molar-refractivity contribution in [2.75, 3.05) is 11.5 Å². The van der Waals surface area contributed by atoms with Gasteiger partial charge in [-0.3, -0.25) is 23.4 Å². The number of aliphatic hydroxyl groups excluding tert-OH is 1. The molecular weight excluding hydrogens is 372 g/mol. The quantitative estimate of drug-likeness (QED) is 0.367. The van der Waals surface area contributed by atoms with E-state index < -0.39 is 46.7 Å². The first-order valence-electron chi connectivity index (χ1n) is 7.90. The lowest BCUT2D eigenvalue weighted by molar-refractivity contribution is -0.244. The summed E-state index contributed by atoms with van der Waals surface area (Å²) < 4.78 is 11.8. The third kappa shape index (κ3) is 5.41. The summed E-state index contributed by atoms with van der Waals surface area (Å²) in [5, 5.41) is 10.5. The number of carbonyl (C=O) groups is 5. The van der Waals surface area contributed by atoms with Crippen molar-refractivity contribution in [3.63, 3.8) is 0 Å². The van der Waals surface area contributed by atoms with Gasteiger partial charge in [-0.1, -0.05) is 0 Å². The molecule has 0 aromatic carbocycles. The van der Waals surface area contributed by atoms with Gasteiger partial charge < -0.3 is 9.94 Å². The lowest BCUT2D eigenvalue weighted by Crippen LogP contribution is -2.34. The molecule has 2 rings (SSSR count). The van der Waals surface area contributed by atoms with Crippen molar-refractivity contribution in [1.29, 1.82) is 0 Å². The fourth-order valence-corrected chi connectivity index (χ4v) is 3.25. The van der Waals surface area contributed by atoms with Crippen molar-refractivity contribution in [2.24, 2.45) is 0 Å². The second-order valence-corrected chi connectivity index (χ2v) is 7.27. The van der Waals surface area contributed by atoms with Crippen molar-refractivity contribution in [3.05, 3.63) is 0 Å². The van der Waals surface area contributed by atoms with Crippen molar-refractivity contribution in [2.45, 2.75) is 44.8 Å². The molecule has 12 heteroatoms. The van der Waals surface area contributed by atoms with E-state index in [1.165, 1.54) is 0 Å². The Morgan fingerprint density at radius 3 is 2.00 bits per heavy atom. The zero-order valence-electron chi connectivity index (χ0n) is 13.8. The molecule has 2 saturated heterocycles. The standard InChI is InChI=1S/C14H18N2O9S/c17-9-1-2-10(18)15(9)24-13(21)5-7-26(23)8-6-14(22)25-16-11(19)3-4-12(16)20/h13,21H,1-8H2. The van der Waals surface area contributed by atoms with E-state index in [0.29, 0.717) is 10.1 Å². The van der Waals surface area contributed by atoms with Gasteiger partial charge in [0.2, 0.25) is 0 Å². The normalized spacial score (nSPS) is 20.0. The first-order chi connectivity index (χ1) is 12.3. The van der Waals surface area contributed by atoms with Crippen LogP contribution < -0.4 is 0 Å². The fraction of sp³-hybridized carbons (Fsp3) is 0.643. The molecule has 2 aliphatic heterocycles. The van der Waals surface area contributed by atoms with Gasteiger partial charge >= 0.3 is 5.97 Å². The molecule has 4 amide bonds. The Morgan fingerprint density at radius 1 is 0.962 bits per heavy atom. The highest BCUT2D eigenvalue weighted by Crippen LogP contribution is 2.15. The van der Waals surface area contributed by atoms with Crippen molar-refractivity contribution < 1.29 is 43.0 Å². The van der Waals surface area contributed by atoms with E-state index in [4.69, 9.17) is 4.84 Å². The van der Waals surface area contributed by atoms with E-state index >= 15 is 0 Å². The van der Waals surface area contributed by atoms with Gasteiger partial charge in [0.05, 0.1) is 6.42 Å². The monoisotopic (exact) mass is 390 g/mol. The summed E-state index contributed by atoms with van der Waals surface area (Å²) in [7, 11) is -1.52. The van der Waals surface area contributed by atoms with Gasteiger partial charge in [-0.25, -0.2) is 9.63 Å². The predicted octanol–water partition coefficient (Wildman–Crippen LogP) is -1.48. The molecule has 2 fully saturated rings. The van der Waals surface area contributed by atoms with Gasteiger partial charge in [-0.2, -0.15) is 5.06 Å². The molecule has 0 bridgehead atoms. The Kier molecular flexibility index (Phi) is 6.94. The number of carbonyl (C=O) groups excluding carboxylic acids is 5. The van der Waals surface area contributed by atoms with Crippen LogP contribution in [0.25, 0.3) is 0 Å². The average molecular weight is 390 g/mol. The van der Waals surface area contributed by atoms with Crippen LogP contribution in [-0.4, -0.2) is 66.8 Å². The largest absolute Gasteiger partial charge is 0.366 e. The third-order valence-corrected chi connectivity index (χ3v) is 4.91. The van der Waals surface area contributed by atoms with E-state index in [9.17, 15) is 33.3 Å². The summed E-state index contributed by atoms with van der Waals surface area (Å²) in [6.45, 7) is 0. The number of amides is 4. The summed E-state index contributed by atoms with van der Waals surface area (Å²) in [5.41, 5.74) is 0. The maximum absolute atomic E-state index is 11.8. The van der Waals surface area contributed by atoms with Gasteiger partial charge in [0.15, 0.2) is 6.29 Å². The number of nitrogens with zero attached hydrogens (tertiary/aromatic N) is 2. The fourth-order valence-electron chi connectivity index (χ4n) is 2.18. The molecule has 2 aliphatic rings. The minimum absolute atomic E-state index is 0.0155. The SMILES string of the molecule is O=C(CCS(=O)CCC(O)ON1C(=O)CCC1=O)ON1C(=O)CCC1=O. The summed E-state index contributed by atoms with van der Waals surface area (Å²) in [4.78, 5) is 66.3. The molecular formula is C14H18N2O9S. The average Bonchev–Trinajstić information content (AvgIpc) is 3.08. The maximum Gasteiger partial charge on any atom is 0.334 e. The number of rotatable bonds is 9. The molecule has 11 nitrogen and oxygen atoms in total. The van der Waals surface area contributed by atoms with Crippen molar-refractivity contribution >= 4 is 40.4 Å². The first kappa shape index (κ1) is 20.1. The molecule has 144 valence electrons. The number of aliphatic hydroxyl groups is 1. The van der Waals surface area contributed by atoms with Crippen LogP contribution in [0.5, 0.6) is 0 Å². The topological polar surface area (TPSA) is 148 Å². The Labute approximate surface area is 150 Å². The van der Waals surface area contributed by atoms with Crippen LogP contribution in [0.1, 0.15) is 38.5 Å². The minimum atomic E-state index is -1.52. The first-order valence-corrected chi connectivity index (χ1v) is 9.39. The van der Waals surface area contributed by atoms with Gasteiger partial charge in [-0.05, 0) is 0 Å². The van der Waals surface area contributed by atoms with Crippen LogP contribution in [-0.2, 0) is 44.4 Å². The highest BCUT2D eigenvalue weighted by Gasteiger charge is 2.33. The zero-order valence-corrected chi connectivity index (χ0v) is 14.6. The van der Waals surface area contributed by atoms with E-state index in [1.807, 2.05) is 0 Å². The summed E-state index contributed by atoms with van der Waals surface area (Å²) in [6.07, 6.45) is -1.90. The van der Waals surface area contributed by atoms with Crippen LogP contribution >= 0.6 is 0 Å². The van der Waals surface area contributed by atoms with Crippen LogP contribution in [0.2, 0.25) is 0 Å². The molecule has 2 atom stereocenters. The number of hydroxylamine groups is 4. The second kappa shape index (κ2) is 8.96. The smallest absolute Gasteiger partial charge is 0.334 e. The molecule has 26 heavy (non-hydrogen) atoms. The molecule has 2 heterocycles.